The SMILES string of the molecule is CS(=O)(=O)N1CCC[C@H](NC(=O)c2c[nH]c3ncc(C4CC4)nc23)C1. The second kappa shape index (κ2) is 6.06. The van der Waals surface area contributed by atoms with Crippen molar-refractivity contribution in [2.75, 3.05) is 19.3 Å². The Morgan fingerprint density at radius 1 is 1.36 bits per heavy atom. The van der Waals surface area contributed by atoms with E-state index in [1.807, 2.05) is 0 Å². The van der Waals surface area contributed by atoms with Gasteiger partial charge in [0.05, 0.1) is 23.7 Å². The largest absolute Gasteiger partial charge is 0.348 e. The van der Waals surface area contributed by atoms with Crippen molar-refractivity contribution in [1.29, 1.82) is 0 Å². The second-order valence-electron chi connectivity index (χ2n) is 6.90. The number of fused-ring (bicyclic) bond motifs is 1. The fourth-order valence-electron chi connectivity index (χ4n) is 3.28. The van der Waals surface area contributed by atoms with E-state index in [9.17, 15) is 13.2 Å². The Bertz CT molecular complexity index is 919. The van der Waals surface area contributed by atoms with Crippen LogP contribution < -0.4 is 5.32 Å². The topological polar surface area (TPSA) is 108 Å². The molecule has 9 heteroatoms. The van der Waals surface area contributed by atoms with Gasteiger partial charge >= 0.3 is 0 Å². The van der Waals surface area contributed by atoms with Crippen LogP contribution in [0.1, 0.15) is 47.7 Å². The highest BCUT2D eigenvalue weighted by atomic mass is 32.2. The van der Waals surface area contributed by atoms with Gasteiger partial charge in [0, 0.05) is 31.2 Å². The first kappa shape index (κ1) is 16.5. The van der Waals surface area contributed by atoms with E-state index in [4.69, 9.17) is 0 Å². The minimum Gasteiger partial charge on any atom is -0.348 e. The van der Waals surface area contributed by atoms with Crippen molar-refractivity contribution in [2.24, 2.45) is 0 Å². The van der Waals surface area contributed by atoms with Crippen molar-refractivity contribution in [3.05, 3.63) is 23.7 Å². The molecule has 2 N–H and O–H groups in total. The van der Waals surface area contributed by atoms with Gasteiger partial charge in [-0.2, -0.15) is 0 Å². The van der Waals surface area contributed by atoms with Crippen LogP contribution in [0.5, 0.6) is 0 Å². The van der Waals surface area contributed by atoms with E-state index in [1.54, 1.807) is 12.4 Å². The van der Waals surface area contributed by atoms with Crippen LogP contribution in [0.4, 0.5) is 0 Å². The quantitative estimate of drug-likeness (QED) is 0.842. The van der Waals surface area contributed by atoms with E-state index in [0.717, 1.165) is 31.4 Å². The Hall–Kier alpha value is -2.00. The molecule has 8 nitrogen and oxygen atoms in total. The van der Waals surface area contributed by atoms with Gasteiger partial charge in [-0.05, 0) is 25.7 Å². The summed E-state index contributed by atoms with van der Waals surface area (Å²) >= 11 is 0. The lowest BCUT2D eigenvalue weighted by Gasteiger charge is -2.31. The Kier molecular flexibility index (Phi) is 3.99. The number of amides is 1. The number of piperidine rings is 1. The molecule has 1 saturated carbocycles. The van der Waals surface area contributed by atoms with E-state index in [1.165, 1.54) is 10.6 Å². The summed E-state index contributed by atoms with van der Waals surface area (Å²) in [6.45, 7) is 0.820. The summed E-state index contributed by atoms with van der Waals surface area (Å²) < 4.78 is 24.9. The lowest BCUT2D eigenvalue weighted by atomic mass is 10.1. The average Bonchev–Trinajstić information content (AvgIpc) is 3.33. The maximum Gasteiger partial charge on any atom is 0.255 e. The first-order valence-corrected chi connectivity index (χ1v) is 10.4. The van der Waals surface area contributed by atoms with Gasteiger partial charge in [0.1, 0.15) is 5.52 Å². The molecule has 1 atom stereocenters. The molecule has 134 valence electrons. The molecule has 2 aromatic rings. The van der Waals surface area contributed by atoms with Crippen LogP contribution in [-0.2, 0) is 10.0 Å². The van der Waals surface area contributed by atoms with E-state index < -0.39 is 10.0 Å². The number of sulfonamides is 1. The molecule has 0 spiro atoms. The highest BCUT2D eigenvalue weighted by Gasteiger charge is 2.29. The molecule has 2 aliphatic rings. The minimum atomic E-state index is -3.24. The van der Waals surface area contributed by atoms with Crippen LogP contribution in [-0.4, -0.2) is 59.0 Å². The predicted molar refractivity (Wildman–Crippen MR) is 92.8 cm³/mol. The van der Waals surface area contributed by atoms with Gasteiger partial charge < -0.3 is 10.3 Å². The lowest BCUT2D eigenvalue weighted by molar-refractivity contribution is 0.0923. The van der Waals surface area contributed by atoms with Crippen LogP contribution in [0, 0.1) is 0 Å². The van der Waals surface area contributed by atoms with E-state index in [0.29, 0.717) is 35.7 Å². The van der Waals surface area contributed by atoms with Crippen LogP contribution in [0.3, 0.4) is 0 Å². The average molecular weight is 363 g/mol. The van der Waals surface area contributed by atoms with Gasteiger partial charge in [-0.15, -0.1) is 0 Å². The predicted octanol–water partition coefficient (Wildman–Crippen LogP) is 0.989. The molecule has 1 aliphatic heterocycles. The van der Waals surface area contributed by atoms with Gasteiger partial charge in [-0.3, -0.25) is 4.79 Å². The zero-order valence-corrected chi connectivity index (χ0v) is 14.8. The van der Waals surface area contributed by atoms with Crippen molar-refractivity contribution in [3.8, 4) is 0 Å². The molecule has 0 bridgehead atoms. The number of hydrogen-bond acceptors (Lipinski definition) is 5. The second-order valence-corrected chi connectivity index (χ2v) is 8.88. The van der Waals surface area contributed by atoms with Crippen molar-refractivity contribution in [1.82, 2.24) is 24.6 Å². The standard InChI is InChI=1S/C16H21N5O3S/c1-25(23,24)21-6-2-3-11(9-21)19-16(22)12-7-17-15-14(12)20-13(8-18-15)10-4-5-10/h7-8,10-11H,2-6,9H2,1H3,(H,17,18)(H,19,22)/t11-/m0/s1. The molecule has 0 unspecified atom stereocenters. The molecule has 1 saturated heterocycles. The van der Waals surface area contributed by atoms with Crippen LogP contribution in [0.25, 0.3) is 11.2 Å². The first-order valence-electron chi connectivity index (χ1n) is 8.52. The molecule has 0 radical (unpaired) electrons. The summed E-state index contributed by atoms with van der Waals surface area (Å²) in [6, 6.07) is -0.194. The van der Waals surface area contributed by atoms with Gasteiger partial charge in [-0.25, -0.2) is 22.7 Å². The third-order valence-corrected chi connectivity index (χ3v) is 6.10. The molecular weight excluding hydrogens is 342 g/mol. The fraction of sp³-hybridized carbons (Fsp3) is 0.562. The van der Waals surface area contributed by atoms with Crippen LogP contribution in [0.2, 0.25) is 0 Å². The molecule has 1 amide bonds. The van der Waals surface area contributed by atoms with Crippen molar-refractivity contribution < 1.29 is 13.2 Å². The maximum atomic E-state index is 12.7. The Labute approximate surface area is 146 Å². The number of H-pyrrole nitrogens is 1. The Morgan fingerprint density at radius 2 is 2.16 bits per heavy atom. The molecule has 4 rings (SSSR count). The highest BCUT2D eigenvalue weighted by molar-refractivity contribution is 7.88. The molecular formula is C16H21N5O3S. The summed E-state index contributed by atoms with van der Waals surface area (Å²) in [5.41, 5.74) is 2.57. The molecule has 2 fully saturated rings. The number of aromatic nitrogens is 3. The zero-order chi connectivity index (χ0) is 17.6. The third kappa shape index (κ3) is 3.38. The highest BCUT2D eigenvalue weighted by Crippen LogP contribution is 2.39. The van der Waals surface area contributed by atoms with Gasteiger partial charge in [0.15, 0.2) is 5.65 Å². The van der Waals surface area contributed by atoms with Crippen molar-refractivity contribution >= 4 is 27.1 Å². The lowest BCUT2D eigenvalue weighted by Crippen LogP contribution is -2.49. The first-order chi connectivity index (χ1) is 11.9. The molecule has 2 aromatic heterocycles. The summed E-state index contributed by atoms with van der Waals surface area (Å²) in [5.74, 6) is 0.221. The molecule has 1 aliphatic carbocycles. The molecule has 25 heavy (non-hydrogen) atoms. The van der Waals surface area contributed by atoms with Gasteiger partial charge in [0.2, 0.25) is 10.0 Å². The monoisotopic (exact) mass is 363 g/mol. The summed E-state index contributed by atoms with van der Waals surface area (Å²) in [7, 11) is -3.24. The smallest absolute Gasteiger partial charge is 0.255 e. The van der Waals surface area contributed by atoms with E-state index in [-0.39, 0.29) is 11.9 Å². The molecule has 0 aromatic carbocycles. The zero-order valence-electron chi connectivity index (χ0n) is 14.0. The number of carbonyl (C=O) groups is 1. The van der Waals surface area contributed by atoms with Crippen molar-refractivity contribution in [3.63, 3.8) is 0 Å². The Morgan fingerprint density at radius 3 is 2.88 bits per heavy atom. The number of rotatable bonds is 4. The normalized spacial score (nSPS) is 22.2. The summed E-state index contributed by atoms with van der Waals surface area (Å²) in [5, 5.41) is 2.95. The van der Waals surface area contributed by atoms with Crippen LogP contribution in [0.15, 0.2) is 12.4 Å². The Balaban J connectivity index is 1.53. The number of nitrogens with one attached hydrogen (secondary N) is 2. The van der Waals surface area contributed by atoms with Gasteiger partial charge in [0.25, 0.3) is 5.91 Å². The number of nitrogens with zero attached hydrogens (tertiary/aromatic N) is 3. The van der Waals surface area contributed by atoms with E-state index in [2.05, 4.69) is 20.3 Å². The van der Waals surface area contributed by atoms with Gasteiger partial charge in [-0.1, -0.05) is 0 Å². The number of hydrogen-bond donors (Lipinski definition) is 2. The maximum absolute atomic E-state index is 12.7. The minimum absolute atomic E-state index is 0.194. The number of carbonyl (C=O) groups excluding carboxylic acids is 1. The fourth-order valence-corrected chi connectivity index (χ4v) is 4.19. The van der Waals surface area contributed by atoms with Crippen LogP contribution >= 0.6 is 0 Å². The third-order valence-electron chi connectivity index (χ3n) is 4.83. The molecule has 3 heterocycles. The van der Waals surface area contributed by atoms with E-state index >= 15 is 0 Å². The number of aromatic amines is 1. The summed E-state index contributed by atoms with van der Waals surface area (Å²) in [4.78, 5) is 24.6. The van der Waals surface area contributed by atoms with Crippen molar-refractivity contribution in [2.45, 2.75) is 37.6 Å². The summed E-state index contributed by atoms with van der Waals surface area (Å²) in [6.07, 6.45) is 8.32.